The first kappa shape index (κ1) is 14.9. The van der Waals surface area contributed by atoms with E-state index in [-0.39, 0.29) is 4.90 Å². The summed E-state index contributed by atoms with van der Waals surface area (Å²) in [6, 6.07) is 3.11. The number of halogens is 3. The molecule has 0 heterocycles. The molecule has 0 N–H and O–H groups in total. The lowest BCUT2D eigenvalue weighted by Gasteiger charge is -2.35. The van der Waals surface area contributed by atoms with Crippen LogP contribution in [0, 0.1) is 12.3 Å². The molecule has 1 fully saturated rings. The second-order valence-corrected chi connectivity index (χ2v) is 6.10. The summed E-state index contributed by atoms with van der Waals surface area (Å²) in [6.07, 6.45) is 2.33. The molecule has 0 spiro atoms. The summed E-state index contributed by atoms with van der Waals surface area (Å²) in [6.45, 7) is 0. The van der Waals surface area contributed by atoms with Gasteiger partial charge in [-0.15, -0.1) is 6.42 Å². The first-order valence-corrected chi connectivity index (χ1v) is 7.20. The average Bonchev–Trinajstić information content (AvgIpc) is 2.33. The zero-order chi connectivity index (χ0) is 15.0. The molecule has 1 aliphatic rings. The van der Waals surface area contributed by atoms with Crippen LogP contribution in [0.15, 0.2) is 29.2 Å². The van der Waals surface area contributed by atoms with E-state index in [0.717, 1.165) is 18.6 Å². The first-order chi connectivity index (χ1) is 9.19. The predicted molar refractivity (Wildman–Crippen MR) is 65.1 cm³/mol. The largest absolute Gasteiger partial charge is 0.416 e. The van der Waals surface area contributed by atoms with Gasteiger partial charge in [-0.05, 0) is 43.5 Å². The van der Waals surface area contributed by atoms with Crippen molar-refractivity contribution < 1.29 is 25.8 Å². The van der Waals surface area contributed by atoms with Gasteiger partial charge in [0.1, 0.15) is 5.60 Å². The molecule has 20 heavy (non-hydrogen) atoms. The normalized spacial score (nSPS) is 18.1. The lowest BCUT2D eigenvalue weighted by molar-refractivity contribution is -0.137. The molecule has 0 radical (unpaired) electrons. The number of hydrogen-bond donors (Lipinski definition) is 0. The van der Waals surface area contributed by atoms with Gasteiger partial charge in [-0.2, -0.15) is 21.6 Å². The van der Waals surface area contributed by atoms with Crippen LogP contribution in [-0.4, -0.2) is 14.0 Å². The van der Waals surface area contributed by atoms with E-state index >= 15 is 0 Å². The predicted octanol–water partition coefficient (Wildman–Crippen LogP) is 2.97. The van der Waals surface area contributed by atoms with Crippen LogP contribution in [0.2, 0.25) is 0 Å². The quantitative estimate of drug-likeness (QED) is 0.637. The summed E-state index contributed by atoms with van der Waals surface area (Å²) in [4.78, 5) is -0.341. The minimum Gasteiger partial charge on any atom is -0.247 e. The van der Waals surface area contributed by atoms with Gasteiger partial charge in [0.25, 0.3) is 10.1 Å². The second-order valence-electron chi connectivity index (χ2n) is 4.55. The van der Waals surface area contributed by atoms with Gasteiger partial charge in [0.2, 0.25) is 0 Å². The van der Waals surface area contributed by atoms with Gasteiger partial charge in [0, 0.05) is 0 Å². The van der Waals surface area contributed by atoms with E-state index in [0.29, 0.717) is 25.0 Å². The highest BCUT2D eigenvalue weighted by molar-refractivity contribution is 7.86. The van der Waals surface area contributed by atoms with Gasteiger partial charge in [-0.25, -0.2) is 4.18 Å². The van der Waals surface area contributed by atoms with E-state index in [2.05, 4.69) is 5.92 Å². The van der Waals surface area contributed by atoms with Crippen LogP contribution in [0.3, 0.4) is 0 Å². The van der Waals surface area contributed by atoms with Crippen molar-refractivity contribution in [2.45, 2.75) is 35.9 Å². The Labute approximate surface area is 114 Å². The Morgan fingerprint density at radius 2 is 1.75 bits per heavy atom. The van der Waals surface area contributed by atoms with Crippen molar-refractivity contribution in [1.29, 1.82) is 0 Å². The number of alkyl halides is 3. The molecule has 2 rings (SSSR count). The van der Waals surface area contributed by atoms with E-state index in [1.165, 1.54) is 0 Å². The van der Waals surface area contributed by atoms with Crippen LogP contribution in [0.4, 0.5) is 13.2 Å². The molecule has 7 heteroatoms. The molecule has 1 aromatic carbocycles. The third-order valence-corrected chi connectivity index (χ3v) is 4.55. The molecule has 1 saturated carbocycles. The van der Waals surface area contributed by atoms with Gasteiger partial charge in [-0.3, -0.25) is 0 Å². The molecule has 0 unspecified atom stereocenters. The summed E-state index contributed by atoms with van der Waals surface area (Å²) in [7, 11) is -4.16. The summed E-state index contributed by atoms with van der Waals surface area (Å²) >= 11 is 0. The van der Waals surface area contributed by atoms with Crippen molar-refractivity contribution >= 4 is 10.1 Å². The Hall–Kier alpha value is -1.52. The third kappa shape index (κ3) is 2.81. The zero-order valence-corrected chi connectivity index (χ0v) is 11.1. The van der Waals surface area contributed by atoms with Crippen LogP contribution in [-0.2, 0) is 20.5 Å². The maximum absolute atomic E-state index is 12.4. The molecule has 0 saturated heterocycles. The van der Waals surface area contributed by atoms with Crippen molar-refractivity contribution in [3.63, 3.8) is 0 Å². The Bertz CT molecular complexity index is 635. The van der Waals surface area contributed by atoms with Gasteiger partial charge < -0.3 is 0 Å². The highest BCUT2D eigenvalue weighted by Crippen LogP contribution is 2.38. The molecule has 0 aliphatic heterocycles. The third-order valence-electron chi connectivity index (χ3n) is 3.16. The molecular formula is C13H11F3O3S. The summed E-state index contributed by atoms with van der Waals surface area (Å²) in [5, 5.41) is 0. The molecule has 0 aromatic heterocycles. The minimum atomic E-state index is -4.52. The molecule has 108 valence electrons. The molecule has 1 aliphatic carbocycles. The maximum atomic E-state index is 12.4. The molecule has 0 atom stereocenters. The summed E-state index contributed by atoms with van der Waals surface area (Å²) in [5.74, 6) is 2.30. The van der Waals surface area contributed by atoms with E-state index in [4.69, 9.17) is 10.6 Å². The Balaban J connectivity index is 2.25. The fourth-order valence-electron chi connectivity index (χ4n) is 1.82. The van der Waals surface area contributed by atoms with Gasteiger partial charge in [0.05, 0.1) is 10.5 Å². The van der Waals surface area contributed by atoms with Crippen molar-refractivity contribution in [3.8, 4) is 12.3 Å². The highest BCUT2D eigenvalue weighted by Gasteiger charge is 2.41. The Kier molecular flexibility index (Phi) is 3.56. The van der Waals surface area contributed by atoms with Crippen LogP contribution in [0.5, 0.6) is 0 Å². The van der Waals surface area contributed by atoms with Crippen molar-refractivity contribution in [3.05, 3.63) is 29.8 Å². The molecule has 0 amide bonds. The lowest BCUT2D eigenvalue weighted by Crippen LogP contribution is -2.40. The van der Waals surface area contributed by atoms with Crippen molar-refractivity contribution in [2.24, 2.45) is 0 Å². The van der Waals surface area contributed by atoms with Gasteiger partial charge >= 0.3 is 6.18 Å². The van der Waals surface area contributed by atoms with Gasteiger partial charge in [0.15, 0.2) is 0 Å². The molecular weight excluding hydrogens is 293 g/mol. The van der Waals surface area contributed by atoms with Crippen LogP contribution in [0.25, 0.3) is 0 Å². The lowest BCUT2D eigenvalue weighted by atomic mass is 9.81. The van der Waals surface area contributed by atoms with E-state index in [1.54, 1.807) is 0 Å². The highest BCUT2D eigenvalue weighted by atomic mass is 32.2. The average molecular weight is 304 g/mol. The fraction of sp³-hybridized carbons (Fsp3) is 0.385. The molecule has 3 nitrogen and oxygen atoms in total. The first-order valence-electron chi connectivity index (χ1n) is 5.79. The van der Waals surface area contributed by atoms with Crippen molar-refractivity contribution in [2.75, 3.05) is 0 Å². The van der Waals surface area contributed by atoms with E-state index < -0.39 is 27.5 Å². The maximum Gasteiger partial charge on any atom is 0.416 e. The Morgan fingerprint density at radius 3 is 2.10 bits per heavy atom. The number of rotatable bonds is 3. The second kappa shape index (κ2) is 4.79. The SMILES string of the molecule is C#CC1(OS(=O)(=O)c2ccc(C(F)(F)F)cc2)CCC1. The summed E-state index contributed by atoms with van der Waals surface area (Å²) < 4.78 is 66.1. The smallest absolute Gasteiger partial charge is 0.247 e. The van der Waals surface area contributed by atoms with E-state index in [1.807, 2.05) is 0 Å². The van der Waals surface area contributed by atoms with E-state index in [9.17, 15) is 21.6 Å². The standard InChI is InChI=1S/C13H11F3O3S/c1-2-12(8-3-9-12)19-20(17,18)11-6-4-10(5-7-11)13(14,15)16/h1,4-7H,3,8-9H2. The fourth-order valence-corrected chi connectivity index (χ4v) is 3.02. The topological polar surface area (TPSA) is 43.4 Å². The van der Waals surface area contributed by atoms with Crippen LogP contribution >= 0.6 is 0 Å². The number of benzene rings is 1. The molecule has 0 bridgehead atoms. The van der Waals surface area contributed by atoms with Crippen molar-refractivity contribution in [1.82, 2.24) is 0 Å². The molecule has 1 aromatic rings. The van der Waals surface area contributed by atoms with Crippen LogP contribution < -0.4 is 0 Å². The van der Waals surface area contributed by atoms with Gasteiger partial charge in [-0.1, -0.05) is 5.92 Å². The Morgan fingerprint density at radius 1 is 1.20 bits per heavy atom. The number of hydrogen-bond acceptors (Lipinski definition) is 3. The summed E-state index contributed by atoms with van der Waals surface area (Å²) in [5.41, 5.74) is -2.08. The number of terminal acetylenes is 1. The van der Waals surface area contributed by atoms with Crippen LogP contribution in [0.1, 0.15) is 24.8 Å². The monoisotopic (exact) mass is 304 g/mol. The minimum absolute atomic E-state index is 0.341. The zero-order valence-electron chi connectivity index (χ0n) is 10.3.